The van der Waals surface area contributed by atoms with Gasteiger partial charge in [0.15, 0.2) is 11.5 Å². The molecular weight excluding hydrogens is 422 g/mol. The van der Waals surface area contributed by atoms with Gasteiger partial charge < -0.3 is 20.1 Å². The lowest BCUT2D eigenvalue weighted by Gasteiger charge is -2.22. The van der Waals surface area contributed by atoms with E-state index in [0.29, 0.717) is 36.0 Å². The molecule has 1 atom stereocenters. The molecule has 8 heteroatoms. The molecule has 0 aromatic heterocycles. The van der Waals surface area contributed by atoms with Gasteiger partial charge >= 0.3 is 6.03 Å². The lowest BCUT2D eigenvalue weighted by atomic mass is 9.90. The Morgan fingerprint density at radius 2 is 1.76 bits per heavy atom. The normalized spacial score (nSPS) is 19.8. The minimum absolute atomic E-state index is 0.401. The number of carbonyl (C=O) groups is 3. The number of anilines is 1. The summed E-state index contributed by atoms with van der Waals surface area (Å²) in [6, 6.07) is 17.9. The molecule has 2 aliphatic rings. The summed E-state index contributed by atoms with van der Waals surface area (Å²) < 4.78 is 11.2. The van der Waals surface area contributed by atoms with Crippen molar-refractivity contribution >= 4 is 34.3 Å². The van der Waals surface area contributed by atoms with Crippen LogP contribution < -0.4 is 20.1 Å². The van der Waals surface area contributed by atoms with Crippen LogP contribution in [0.25, 0.3) is 10.8 Å². The third-order valence-corrected chi connectivity index (χ3v) is 5.93. The molecule has 2 heterocycles. The van der Waals surface area contributed by atoms with Crippen molar-refractivity contribution in [2.75, 3.05) is 25.1 Å². The highest BCUT2D eigenvalue weighted by Crippen LogP contribution is 2.33. The van der Waals surface area contributed by atoms with Crippen molar-refractivity contribution in [2.24, 2.45) is 0 Å². The molecule has 0 radical (unpaired) electrons. The van der Waals surface area contributed by atoms with Crippen molar-refractivity contribution in [3.63, 3.8) is 0 Å². The molecule has 0 bridgehead atoms. The molecule has 1 unspecified atom stereocenters. The third kappa shape index (κ3) is 3.84. The van der Waals surface area contributed by atoms with E-state index in [1.165, 1.54) is 0 Å². The Balaban J connectivity index is 1.31. The number of hydrogen-bond acceptors (Lipinski definition) is 5. The van der Waals surface area contributed by atoms with E-state index < -0.39 is 29.9 Å². The predicted octanol–water partition coefficient (Wildman–Crippen LogP) is 3.41. The van der Waals surface area contributed by atoms with Gasteiger partial charge in [0.05, 0.1) is 13.2 Å². The van der Waals surface area contributed by atoms with Crippen LogP contribution in [0.1, 0.15) is 18.9 Å². The summed E-state index contributed by atoms with van der Waals surface area (Å²) in [4.78, 5) is 39.4. The first-order chi connectivity index (χ1) is 15.9. The van der Waals surface area contributed by atoms with Crippen molar-refractivity contribution in [1.29, 1.82) is 0 Å². The molecule has 1 saturated heterocycles. The van der Waals surface area contributed by atoms with Crippen LogP contribution in [0.4, 0.5) is 10.5 Å². The number of rotatable bonds is 4. The van der Waals surface area contributed by atoms with Gasteiger partial charge in [0.25, 0.3) is 5.91 Å². The molecule has 8 nitrogen and oxygen atoms in total. The number of imide groups is 1. The number of nitrogens with zero attached hydrogens (tertiary/aromatic N) is 1. The molecule has 1 fully saturated rings. The van der Waals surface area contributed by atoms with Crippen LogP contribution in [0.2, 0.25) is 0 Å². The van der Waals surface area contributed by atoms with Crippen LogP contribution in [0.3, 0.4) is 0 Å². The van der Waals surface area contributed by atoms with Crippen LogP contribution >= 0.6 is 0 Å². The Morgan fingerprint density at radius 1 is 1.00 bits per heavy atom. The number of ether oxygens (including phenoxy) is 2. The zero-order valence-electron chi connectivity index (χ0n) is 18.1. The average Bonchev–Trinajstić information content (AvgIpc) is 2.97. The van der Waals surface area contributed by atoms with E-state index in [0.717, 1.165) is 22.1 Å². The fourth-order valence-electron chi connectivity index (χ4n) is 4.12. The first kappa shape index (κ1) is 20.8. The van der Waals surface area contributed by atoms with Crippen LogP contribution in [-0.2, 0) is 15.1 Å². The standard InChI is InChI=1S/C25H23N3O5/c1-25(18-8-7-16-5-2-3-6-17(16)13-18)23(30)28(24(31)27-25)15-22(29)26-19-9-10-20-21(14-19)33-12-4-11-32-20/h2-3,5-10,13-14H,4,11-12,15H2,1H3,(H,26,29)(H,27,31). The number of benzene rings is 3. The minimum atomic E-state index is -1.25. The van der Waals surface area contributed by atoms with Gasteiger partial charge in [-0.15, -0.1) is 0 Å². The smallest absolute Gasteiger partial charge is 0.325 e. The zero-order chi connectivity index (χ0) is 23.0. The van der Waals surface area contributed by atoms with E-state index in [9.17, 15) is 14.4 Å². The summed E-state index contributed by atoms with van der Waals surface area (Å²) in [5.41, 5.74) is -0.102. The summed E-state index contributed by atoms with van der Waals surface area (Å²) >= 11 is 0. The Bertz CT molecular complexity index is 1270. The van der Waals surface area contributed by atoms with Crippen molar-refractivity contribution < 1.29 is 23.9 Å². The SMILES string of the molecule is CC1(c2ccc3ccccc3c2)NC(=O)N(CC(=O)Nc2ccc3c(c2)OCCCO3)C1=O. The number of hydrogen-bond donors (Lipinski definition) is 2. The van der Waals surface area contributed by atoms with Gasteiger partial charge in [-0.2, -0.15) is 0 Å². The molecule has 0 aliphatic carbocycles. The average molecular weight is 445 g/mol. The third-order valence-electron chi connectivity index (χ3n) is 5.93. The van der Waals surface area contributed by atoms with Crippen molar-refractivity contribution in [3.05, 3.63) is 66.2 Å². The van der Waals surface area contributed by atoms with Crippen LogP contribution in [-0.4, -0.2) is 42.5 Å². The van der Waals surface area contributed by atoms with E-state index in [1.54, 1.807) is 25.1 Å². The molecule has 33 heavy (non-hydrogen) atoms. The monoisotopic (exact) mass is 445 g/mol. The Hall–Kier alpha value is -4.07. The number of urea groups is 1. The van der Waals surface area contributed by atoms with Gasteiger partial charge in [-0.1, -0.05) is 36.4 Å². The van der Waals surface area contributed by atoms with Crippen molar-refractivity contribution in [1.82, 2.24) is 10.2 Å². The first-order valence-corrected chi connectivity index (χ1v) is 10.8. The fourth-order valence-corrected chi connectivity index (χ4v) is 4.12. The van der Waals surface area contributed by atoms with Gasteiger partial charge in [-0.05, 0) is 41.5 Å². The van der Waals surface area contributed by atoms with E-state index >= 15 is 0 Å². The van der Waals surface area contributed by atoms with Crippen LogP contribution in [0.5, 0.6) is 11.5 Å². The van der Waals surface area contributed by atoms with E-state index in [1.807, 2.05) is 42.5 Å². The Kier molecular flexibility index (Phi) is 5.12. The maximum atomic E-state index is 13.2. The second kappa shape index (κ2) is 8.12. The molecular formula is C25H23N3O5. The highest BCUT2D eigenvalue weighted by Gasteiger charge is 2.49. The lowest BCUT2D eigenvalue weighted by Crippen LogP contribution is -2.42. The molecule has 2 N–H and O–H groups in total. The molecule has 5 rings (SSSR count). The summed E-state index contributed by atoms with van der Waals surface area (Å²) in [5.74, 6) is 0.197. The topological polar surface area (TPSA) is 97.0 Å². The largest absolute Gasteiger partial charge is 0.490 e. The van der Waals surface area contributed by atoms with Crippen LogP contribution in [0.15, 0.2) is 60.7 Å². The van der Waals surface area contributed by atoms with Gasteiger partial charge in [0.2, 0.25) is 5.91 Å². The van der Waals surface area contributed by atoms with E-state index in [2.05, 4.69) is 10.6 Å². The van der Waals surface area contributed by atoms with Gasteiger partial charge in [-0.25, -0.2) is 4.79 Å². The maximum absolute atomic E-state index is 13.2. The second-order valence-corrected chi connectivity index (χ2v) is 8.27. The number of carbonyl (C=O) groups excluding carboxylic acids is 3. The maximum Gasteiger partial charge on any atom is 0.325 e. The zero-order valence-corrected chi connectivity index (χ0v) is 18.1. The highest BCUT2D eigenvalue weighted by atomic mass is 16.5. The molecule has 2 aliphatic heterocycles. The van der Waals surface area contributed by atoms with Crippen LogP contribution in [0, 0.1) is 0 Å². The Morgan fingerprint density at radius 3 is 2.58 bits per heavy atom. The predicted molar refractivity (Wildman–Crippen MR) is 122 cm³/mol. The quantitative estimate of drug-likeness (QED) is 0.600. The Labute approximate surface area is 190 Å². The van der Waals surface area contributed by atoms with Gasteiger partial charge in [0, 0.05) is 18.2 Å². The molecule has 168 valence electrons. The highest BCUT2D eigenvalue weighted by molar-refractivity contribution is 6.10. The lowest BCUT2D eigenvalue weighted by molar-refractivity contribution is -0.133. The summed E-state index contributed by atoms with van der Waals surface area (Å²) in [6.45, 7) is 2.35. The molecule has 3 aromatic rings. The number of fused-ring (bicyclic) bond motifs is 2. The van der Waals surface area contributed by atoms with E-state index in [4.69, 9.17) is 9.47 Å². The van der Waals surface area contributed by atoms with Crippen molar-refractivity contribution in [2.45, 2.75) is 18.9 Å². The molecule has 3 aromatic carbocycles. The number of nitrogens with one attached hydrogen (secondary N) is 2. The summed E-state index contributed by atoms with van der Waals surface area (Å²) in [5, 5.41) is 7.47. The molecule has 4 amide bonds. The van der Waals surface area contributed by atoms with Crippen molar-refractivity contribution in [3.8, 4) is 11.5 Å². The van der Waals surface area contributed by atoms with E-state index in [-0.39, 0.29) is 0 Å². The summed E-state index contributed by atoms with van der Waals surface area (Å²) in [7, 11) is 0. The van der Waals surface area contributed by atoms with Gasteiger partial charge in [-0.3, -0.25) is 14.5 Å². The summed E-state index contributed by atoms with van der Waals surface area (Å²) in [6.07, 6.45) is 0.776. The minimum Gasteiger partial charge on any atom is -0.490 e. The fraction of sp³-hybridized carbons (Fsp3) is 0.240. The first-order valence-electron chi connectivity index (χ1n) is 10.8. The second-order valence-electron chi connectivity index (χ2n) is 8.27. The molecule has 0 saturated carbocycles. The molecule has 0 spiro atoms. The number of amides is 4. The van der Waals surface area contributed by atoms with Gasteiger partial charge in [0.1, 0.15) is 12.1 Å².